The fourth-order valence-electron chi connectivity index (χ4n) is 1.04. The zero-order chi connectivity index (χ0) is 13.5. The van der Waals surface area contributed by atoms with Gasteiger partial charge in [-0.15, -0.1) is 0 Å². The molecule has 0 rings (SSSR count). The molecule has 0 heterocycles. The van der Waals surface area contributed by atoms with Crippen molar-refractivity contribution in [1.29, 1.82) is 0 Å². The number of ether oxygens (including phenoxy) is 1. The van der Waals surface area contributed by atoms with Gasteiger partial charge in [-0.2, -0.15) is 13.2 Å². The van der Waals surface area contributed by atoms with E-state index in [4.69, 9.17) is 0 Å². The maximum Gasteiger partial charge on any atom is 0.490 e. The summed E-state index contributed by atoms with van der Waals surface area (Å²) >= 11 is 0. The smallest absolute Gasteiger partial charge is 0.459 e. The van der Waals surface area contributed by atoms with E-state index in [-0.39, 0.29) is 43.9 Å². The fraction of sp³-hybridized carbons (Fsp3) is 0.700. The molecule has 17 heavy (non-hydrogen) atoms. The Morgan fingerprint density at radius 3 is 2.18 bits per heavy atom. The molecule has 0 fully saturated rings. The van der Waals surface area contributed by atoms with E-state index in [0.29, 0.717) is 0 Å². The van der Waals surface area contributed by atoms with E-state index in [1.165, 1.54) is 6.92 Å². The topological polar surface area (TPSA) is 60.4 Å². The molecule has 0 amide bonds. The number of unbranched alkanes of at least 4 members (excludes halogenated alkanes) is 1. The van der Waals surface area contributed by atoms with Crippen molar-refractivity contribution in [1.82, 2.24) is 0 Å². The van der Waals surface area contributed by atoms with Gasteiger partial charge in [0.05, 0.1) is 13.0 Å². The third-order valence-electron chi connectivity index (χ3n) is 1.76. The van der Waals surface area contributed by atoms with Gasteiger partial charge in [0, 0.05) is 6.42 Å². The lowest BCUT2D eigenvalue weighted by atomic mass is 10.1. The molecule has 4 nitrogen and oxygen atoms in total. The lowest BCUT2D eigenvalue weighted by molar-refractivity contribution is -0.199. The maximum atomic E-state index is 11.7. The van der Waals surface area contributed by atoms with Crippen LogP contribution in [0, 0.1) is 0 Å². The largest absolute Gasteiger partial charge is 0.490 e. The van der Waals surface area contributed by atoms with Crippen LogP contribution in [0.4, 0.5) is 13.2 Å². The number of ketones is 2. The monoisotopic (exact) mass is 254 g/mol. The van der Waals surface area contributed by atoms with Gasteiger partial charge in [0.1, 0.15) is 11.6 Å². The number of esters is 1. The quantitative estimate of drug-likeness (QED) is 0.395. The summed E-state index contributed by atoms with van der Waals surface area (Å²) in [4.78, 5) is 31.8. The molecule has 0 aliphatic rings. The van der Waals surface area contributed by atoms with Gasteiger partial charge in [0.25, 0.3) is 0 Å². The van der Waals surface area contributed by atoms with Crippen molar-refractivity contribution in [2.45, 2.75) is 38.8 Å². The third-order valence-corrected chi connectivity index (χ3v) is 1.76. The number of carbonyl (C=O) groups excluding carboxylic acids is 3. The Morgan fingerprint density at radius 2 is 1.71 bits per heavy atom. The highest BCUT2D eigenvalue weighted by molar-refractivity contribution is 5.97. The number of hydrogen-bond acceptors (Lipinski definition) is 4. The molecule has 0 unspecified atom stereocenters. The van der Waals surface area contributed by atoms with Crippen LogP contribution in [-0.4, -0.2) is 30.3 Å². The molecule has 0 radical (unpaired) electrons. The average Bonchev–Trinajstić information content (AvgIpc) is 2.14. The molecule has 7 heteroatoms. The van der Waals surface area contributed by atoms with Crippen LogP contribution in [0.5, 0.6) is 0 Å². The summed E-state index contributed by atoms with van der Waals surface area (Å²) < 4.78 is 38.9. The molecule has 0 saturated heterocycles. The Bertz CT molecular complexity index is 296. The molecular formula is C10H13F3O4. The summed E-state index contributed by atoms with van der Waals surface area (Å²) in [5, 5.41) is 0. The molecule has 0 aliphatic heterocycles. The van der Waals surface area contributed by atoms with Gasteiger partial charge in [-0.1, -0.05) is 0 Å². The Hall–Kier alpha value is -1.40. The normalized spacial score (nSPS) is 11.1. The van der Waals surface area contributed by atoms with E-state index >= 15 is 0 Å². The highest BCUT2D eigenvalue weighted by atomic mass is 19.4. The molecule has 98 valence electrons. The van der Waals surface area contributed by atoms with Crippen LogP contribution >= 0.6 is 0 Å². The molecular weight excluding hydrogens is 241 g/mol. The summed E-state index contributed by atoms with van der Waals surface area (Å²) in [6, 6.07) is 0. The summed E-state index contributed by atoms with van der Waals surface area (Å²) in [6.45, 7) is 0.898. The predicted molar refractivity (Wildman–Crippen MR) is 51.2 cm³/mol. The molecule has 0 aromatic heterocycles. The first-order valence-corrected chi connectivity index (χ1v) is 4.98. The third kappa shape index (κ3) is 8.41. The standard InChI is InChI=1S/C10H13F3O4/c1-7(14)6-8(15)4-2-3-5-17-9(16)10(11,12)13/h2-6H2,1H3. The minimum absolute atomic E-state index is 0.100. The number of carbonyl (C=O) groups is 3. The van der Waals surface area contributed by atoms with Crippen LogP contribution < -0.4 is 0 Å². The minimum Gasteiger partial charge on any atom is -0.459 e. The van der Waals surface area contributed by atoms with E-state index in [1.54, 1.807) is 0 Å². The van der Waals surface area contributed by atoms with Gasteiger partial charge in [-0.3, -0.25) is 9.59 Å². The van der Waals surface area contributed by atoms with Gasteiger partial charge >= 0.3 is 12.1 Å². The van der Waals surface area contributed by atoms with Crippen LogP contribution in [0.25, 0.3) is 0 Å². The van der Waals surface area contributed by atoms with Crippen LogP contribution in [0.15, 0.2) is 0 Å². The highest BCUT2D eigenvalue weighted by Crippen LogP contribution is 2.16. The lowest BCUT2D eigenvalue weighted by Crippen LogP contribution is -2.25. The second-order valence-electron chi connectivity index (χ2n) is 3.51. The van der Waals surface area contributed by atoms with E-state index in [0.717, 1.165) is 0 Å². The summed E-state index contributed by atoms with van der Waals surface area (Å²) in [6.07, 6.45) is -4.60. The molecule has 0 aliphatic carbocycles. The second kappa shape index (κ2) is 7.03. The molecule has 0 N–H and O–H groups in total. The molecule has 0 aromatic carbocycles. The molecule has 0 atom stereocenters. The number of halogens is 3. The van der Waals surface area contributed by atoms with Crippen LogP contribution in [0.1, 0.15) is 32.6 Å². The van der Waals surface area contributed by atoms with E-state index in [2.05, 4.69) is 4.74 Å². The number of Topliss-reactive ketones (excluding diaryl/α,β-unsaturated/α-hetero) is 2. The van der Waals surface area contributed by atoms with E-state index < -0.39 is 12.1 Å². The Labute approximate surface area is 96.1 Å². The summed E-state index contributed by atoms with van der Waals surface area (Å²) in [7, 11) is 0. The first-order chi connectivity index (χ1) is 7.73. The van der Waals surface area contributed by atoms with Gasteiger partial charge in [0.2, 0.25) is 0 Å². The Balaban J connectivity index is 3.57. The van der Waals surface area contributed by atoms with Crippen molar-refractivity contribution in [2.24, 2.45) is 0 Å². The van der Waals surface area contributed by atoms with Crippen LogP contribution in [0.2, 0.25) is 0 Å². The molecule has 0 spiro atoms. The van der Waals surface area contributed by atoms with Gasteiger partial charge in [-0.25, -0.2) is 4.79 Å². The summed E-state index contributed by atoms with van der Waals surface area (Å²) in [5.41, 5.74) is 0. The number of rotatable bonds is 7. The zero-order valence-corrected chi connectivity index (χ0v) is 9.30. The predicted octanol–water partition coefficient (Wildman–Crippen LogP) is 1.81. The van der Waals surface area contributed by atoms with Gasteiger partial charge < -0.3 is 4.74 Å². The van der Waals surface area contributed by atoms with Gasteiger partial charge in [0.15, 0.2) is 0 Å². The first-order valence-electron chi connectivity index (χ1n) is 4.98. The molecule has 0 aromatic rings. The molecule has 0 saturated carbocycles. The minimum atomic E-state index is -4.98. The molecule has 0 bridgehead atoms. The van der Waals surface area contributed by atoms with Gasteiger partial charge in [-0.05, 0) is 19.8 Å². The Morgan fingerprint density at radius 1 is 1.12 bits per heavy atom. The zero-order valence-electron chi connectivity index (χ0n) is 9.30. The fourth-order valence-corrected chi connectivity index (χ4v) is 1.04. The Kier molecular flexibility index (Phi) is 6.45. The lowest BCUT2D eigenvalue weighted by Gasteiger charge is -2.06. The van der Waals surface area contributed by atoms with Crippen LogP contribution in [0.3, 0.4) is 0 Å². The van der Waals surface area contributed by atoms with Crippen molar-refractivity contribution in [3.8, 4) is 0 Å². The van der Waals surface area contributed by atoms with Crippen molar-refractivity contribution in [3.63, 3.8) is 0 Å². The van der Waals surface area contributed by atoms with Crippen molar-refractivity contribution < 1.29 is 32.3 Å². The van der Waals surface area contributed by atoms with E-state index in [1.807, 2.05) is 0 Å². The average molecular weight is 254 g/mol. The SMILES string of the molecule is CC(=O)CC(=O)CCCCOC(=O)C(F)(F)F. The van der Waals surface area contributed by atoms with E-state index in [9.17, 15) is 27.6 Å². The van der Waals surface area contributed by atoms with Crippen molar-refractivity contribution in [3.05, 3.63) is 0 Å². The highest BCUT2D eigenvalue weighted by Gasteiger charge is 2.40. The van der Waals surface area contributed by atoms with Crippen molar-refractivity contribution >= 4 is 17.5 Å². The maximum absolute atomic E-state index is 11.7. The number of alkyl halides is 3. The van der Waals surface area contributed by atoms with Crippen LogP contribution in [-0.2, 0) is 19.1 Å². The summed E-state index contributed by atoms with van der Waals surface area (Å²) in [5.74, 6) is -2.74. The number of hydrogen-bond donors (Lipinski definition) is 0. The second-order valence-corrected chi connectivity index (χ2v) is 3.51. The first kappa shape index (κ1) is 15.6. The van der Waals surface area contributed by atoms with Crippen molar-refractivity contribution in [2.75, 3.05) is 6.61 Å².